The highest BCUT2D eigenvalue weighted by molar-refractivity contribution is 5.90. The van der Waals surface area contributed by atoms with E-state index in [-0.39, 0.29) is 39.7 Å². The van der Waals surface area contributed by atoms with Crippen LogP contribution in [0.3, 0.4) is 0 Å². The zero-order valence-corrected chi connectivity index (χ0v) is 51.5. The van der Waals surface area contributed by atoms with Gasteiger partial charge in [-0.2, -0.15) is 0 Å². The lowest BCUT2D eigenvalue weighted by molar-refractivity contribution is -0.423. The van der Waals surface area contributed by atoms with Gasteiger partial charge in [0.05, 0.1) is 39.6 Å². The third-order valence-electron chi connectivity index (χ3n) is 15.8. The van der Waals surface area contributed by atoms with Crippen molar-refractivity contribution in [2.45, 2.75) is 161 Å². The third-order valence-corrected chi connectivity index (χ3v) is 15.8. The fraction of sp³-hybridized carbons (Fsp3) is 0.557. The van der Waals surface area contributed by atoms with Crippen LogP contribution in [0.4, 0.5) is 0 Å². The van der Waals surface area contributed by atoms with Gasteiger partial charge in [0.25, 0.3) is 0 Å². The fourth-order valence-corrected chi connectivity index (χ4v) is 10.8. The van der Waals surface area contributed by atoms with Crippen molar-refractivity contribution in [3.05, 3.63) is 95.6 Å². The van der Waals surface area contributed by atoms with Gasteiger partial charge in [-0.15, -0.1) is 0 Å². The van der Waals surface area contributed by atoms with E-state index in [9.17, 15) is 95.5 Å². The van der Waals surface area contributed by atoms with Crippen molar-refractivity contribution in [2.75, 3.05) is 53.9 Å². The van der Waals surface area contributed by atoms with E-state index in [1.807, 2.05) is 0 Å². The van der Waals surface area contributed by atoms with E-state index in [4.69, 9.17) is 75.8 Å². The van der Waals surface area contributed by atoms with Gasteiger partial charge in [-0.05, 0) is 59.7 Å². The molecule has 0 spiro atoms. The molecule has 0 aliphatic carbocycles. The number of phenols is 2. The lowest BCUT2D eigenvalue weighted by Crippen LogP contribution is -2.69. The summed E-state index contributed by atoms with van der Waals surface area (Å²) in [5.74, 6) is -9.44. The Bertz CT molecular complexity index is 3150. The normalized spacial score (nSPS) is 35.4. The molecule has 5 aliphatic rings. The van der Waals surface area contributed by atoms with Crippen LogP contribution < -0.4 is 9.47 Å². The fourth-order valence-electron chi connectivity index (χ4n) is 10.8. The molecule has 0 saturated carbocycles. The number of carbonyl (C=O) groups excluding carboxylic acids is 5. The lowest BCUT2D eigenvalue weighted by Gasteiger charge is -2.51. The largest absolute Gasteiger partial charge is 0.504 e. The Morgan fingerprint density at radius 2 is 0.958 bits per heavy atom. The summed E-state index contributed by atoms with van der Waals surface area (Å²) in [5.41, 5.74) is 0.304. The number of rotatable bonds is 26. The molecule has 0 aromatic heterocycles. The third kappa shape index (κ3) is 17.6. The Morgan fingerprint density at radius 3 is 1.48 bits per heavy atom. The molecule has 24 unspecified atom stereocenters. The predicted molar refractivity (Wildman–Crippen MR) is 310 cm³/mol. The smallest absolute Gasteiger partial charge is 0.338 e. The Balaban J connectivity index is 1.31. The van der Waals surface area contributed by atoms with Gasteiger partial charge >= 0.3 is 29.8 Å². The molecule has 96 heavy (non-hydrogen) atoms. The topological polar surface area (TPSA) is 516 Å². The summed E-state index contributed by atoms with van der Waals surface area (Å²) in [7, 11) is 2.51. The number of ether oxygens (including phenoxy) is 16. The number of esters is 5. The molecule has 35 heteroatoms. The molecule has 0 radical (unpaired) electrons. The number of hydrogen-bond donors (Lipinski definition) is 14. The van der Waals surface area contributed by atoms with Gasteiger partial charge in [-0.1, -0.05) is 30.3 Å². The van der Waals surface area contributed by atoms with Gasteiger partial charge < -0.3 is 147 Å². The minimum atomic E-state index is -3.04. The highest BCUT2D eigenvalue weighted by Gasteiger charge is 2.64. The van der Waals surface area contributed by atoms with E-state index >= 15 is 0 Å². The molecule has 5 aliphatic heterocycles. The van der Waals surface area contributed by atoms with Crippen LogP contribution in [0.1, 0.15) is 35.3 Å². The molecule has 24 atom stereocenters. The van der Waals surface area contributed by atoms with Gasteiger partial charge in [0.1, 0.15) is 124 Å². The summed E-state index contributed by atoms with van der Waals surface area (Å²) >= 11 is 0. The molecule has 8 rings (SSSR count). The molecule has 5 saturated heterocycles. The van der Waals surface area contributed by atoms with Crippen LogP contribution in [0.5, 0.6) is 23.0 Å². The Hall–Kier alpha value is -7.15. The molecular formula is C61H76O35. The second-order valence-electron chi connectivity index (χ2n) is 22.4. The minimum Gasteiger partial charge on any atom is -0.504 e. The second-order valence-corrected chi connectivity index (χ2v) is 22.4. The van der Waals surface area contributed by atoms with Crippen molar-refractivity contribution in [1.82, 2.24) is 0 Å². The number of aliphatic hydroxyl groups excluding tert-OH is 12. The van der Waals surface area contributed by atoms with Crippen molar-refractivity contribution in [3.8, 4) is 23.0 Å². The molecule has 0 bridgehead atoms. The summed E-state index contributed by atoms with van der Waals surface area (Å²) in [5, 5.41) is 154. The summed E-state index contributed by atoms with van der Waals surface area (Å²) < 4.78 is 94.3. The number of methoxy groups -OCH3 is 2. The van der Waals surface area contributed by atoms with E-state index in [0.29, 0.717) is 0 Å². The molecule has 35 nitrogen and oxygen atoms in total. The number of hydrogen-bond acceptors (Lipinski definition) is 35. The van der Waals surface area contributed by atoms with Crippen LogP contribution >= 0.6 is 0 Å². The predicted octanol–water partition coefficient (Wildman–Crippen LogP) is -4.96. The molecule has 3 aromatic rings. The van der Waals surface area contributed by atoms with Crippen LogP contribution in [0, 0.1) is 0 Å². The van der Waals surface area contributed by atoms with Crippen LogP contribution in [0.2, 0.25) is 0 Å². The number of aliphatic hydroxyl groups is 12. The Labute approximate surface area is 545 Å². The van der Waals surface area contributed by atoms with E-state index in [1.54, 1.807) is 6.07 Å². The van der Waals surface area contributed by atoms with Crippen molar-refractivity contribution in [1.29, 1.82) is 0 Å². The number of benzene rings is 3. The first-order valence-electron chi connectivity index (χ1n) is 29.6. The Morgan fingerprint density at radius 1 is 0.479 bits per heavy atom. The molecule has 5 heterocycles. The van der Waals surface area contributed by atoms with E-state index < -0.39 is 216 Å². The van der Waals surface area contributed by atoms with Crippen molar-refractivity contribution >= 4 is 42.0 Å². The maximum atomic E-state index is 14.5. The van der Waals surface area contributed by atoms with Crippen molar-refractivity contribution in [2.24, 2.45) is 0 Å². The Kier molecular flexibility index (Phi) is 26.0. The van der Waals surface area contributed by atoms with Crippen LogP contribution in [-0.2, 0) is 85.5 Å². The zero-order valence-electron chi connectivity index (χ0n) is 51.5. The highest BCUT2D eigenvalue weighted by Crippen LogP contribution is 2.43. The van der Waals surface area contributed by atoms with Gasteiger partial charge in [0, 0.05) is 26.0 Å². The van der Waals surface area contributed by atoms with E-state index in [0.717, 1.165) is 32.1 Å². The summed E-state index contributed by atoms with van der Waals surface area (Å²) in [6, 6.07) is 14.9. The zero-order chi connectivity index (χ0) is 69.9. The molecule has 0 amide bonds. The first kappa shape index (κ1) is 74.6. The summed E-state index contributed by atoms with van der Waals surface area (Å²) in [6.45, 7) is -4.57. The molecule has 3 aromatic carbocycles. The van der Waals surface area contributed by atoms with E-state index in [2.05, 4.69) is 0 Å². The van der Waals surface area contributed by atoms with Crippen molar-refractivity contribution < 1.29 is 171 Å². The molecular weight excluding hydrogens is 1290 g/mol. The second kappa shape index (κ2) is 33.4. The first-order chi connectivity index (χ1) is 45.7. The van der Waals surface area contributed by atoms with E-state index in [1.165, 1.54) is 81.0 Å². The van der Waals surface area contributed by atoms with Crippen LogP contribution in [0.25, 0.3) is 12.2 Å². The summed E-state index contributed by atoms with van der Waals surface area (Å²) in [4.78, 5) is 67.8. The van der Waals surface area contributed by atoms with Crippen LogP contribution in [-0.4, -0.2) is 302 Å². The monoisotopic (exact) mass is 1370 g/mol. The van der Waals surface area contributed by atoms with Crippen molar-refractivity contribution in [3.63, 3.8) is 0 Å². The molecule has 530 valence electrons. The first-order valence-corrected chi connectivity index (χ1v) is 29.6. The quantitative estimate of drug-likeness (QED) is 0.0203. The number of carbonyl (C=O) groups is 5. The summed E-state index contributed by atoms with van der Waals surface area (Å²) in [6.07, 6.45) is -46.1. The molecule has 5 fully saturated rings. The van der Waals surface area contributed by atoms with Gasteiger partial charge in [-0.25, -0.2) is 14.4 Å². The molecule has 14 N–H and O–H groups in total. The van der Waals surface area contributed by atoms with Gasteiger partial charge in [0.15, 0.2) is 60.4 Å². The standard InChI is InChI=1S/C61H76O35/c1-26(65)83-23-38-44(73)52(91-57-48(77)46(75)42(71)35(20-62)86-57)50(79)59(88-38)92-53-51(90-41(70)17-13-29-11-15-32(68)34(19-29)82-4)39(24-84-27(2)66)89-60(54(53)93-58-49(78)47(76)43(72)36(21-63)87-58)96-61(25-85-40(69)16-12-28-10-14-31(67)33(18-28)81-3)55(45(74)37(22-64)95-61)94-56(80)30-8-6-5-7-9-30/h5-19,35-39,42-55,57-60,62-64,67-68,71-79H,20-25H2,1-4H3. The minimum absolute atomic E-state index is 0.000359. The van der Waals surface area contributed by atoms with Crippen LogP contribution in [0.15, 0.2) is 78.9 Å². The highest BCUT2D eigenvalue weighted by atomic mass is 16.8. The SMILES string of the molecule is COc1cc(C=CC(=O)OCC2(OC3OC(COC(C)=O)C(OC(=O)C=Cc4ccc(O)c(OC)c4)C(OC4OC(COC(C)=O)C(O)C(OC5OC(CO)C(O)C(O)C5O)C4O)C3OC3OC(CO)C(O)C(O)C3O)OC(CO)C(O)C2OC(=O)c2ccccc2)ccc1O. The maximum absolute atomic E-state index is 14.5. The average Bonchev–Trinajstić information content (AvgIpc) is 1.77. The van der Waals surface area contributed by atoms with Gasteiger partial charge in [-0.3, -0.25) is 9.59 Å². The maximum Gasteiger partial charge on any atom is 0.338 e. The lowest BCUT2D eigenvalue weighted by atomic mass is 9.95. The number of phenolic OH excluding ortho intramolecular Hbond substituents is 2. The average molecular weight is 1370 g/mol. The van der Waals surface area contributed by atoms with Gasteiger partial charge in [0.2, 0.25) is 5.79 Å². The number of aromatic hydroxyl groups is 2.